The van der Waals surface area contributed by atoms with Gasteiger partial charge in [0, 0.05) is 19.1 Å². The molecule has 2 heterocycles. The highest BCUT2D eigenvalue weighted by Gasteiger charge is 2.62. The van der Waals surface area contributed by atoms with Crippen molar-refractivity contribution in [2.75, 3.05) is 26.2 Å². The van der Waals surface area contributed by atoms with Gasteiger partial charge in [-0.25, -0.2) is 0 Å². The van der Waals surface area contributed by atoms with Crippen molar-refractivity contribution >= 4 is 5.91 Å². The van der Waals surface area contributed by atoms with Crippen LogP contribution in [0.2, 0.25) is 0 Å². The third-order valence-corrected chi connectivity index (χ3v) is 5.68. The van der Waals surface area contributed by atoms with E-state index in [2.05, 4.69) is 4.90 Å². The van der Waals surface area contributed by atoms with Gasteiger partial charge in [-0.2, -0.15) is 8.78 Å². The summed E-state index contributed by atoms with van der Waals surface area (Å²) in [7, 11) is 0. The van der Waals surface area contributed by atoms with Crippen LogP contribution in [-0.2, 0) is 4.79 Å². The number of carbonyl (C=O) groups is 1. The van der Waals surface area contributed by atoms with Crippen LogP contribution in [0.3, 0.4) is 0 Å². The highest BCUT2D eigenvalue weighted by Crippen LogP contribution is 2.45. The van der Waals surface area contributed by atoms with Crippen LogP contribution in [-0.4, -0.2) is 64.6 Å². The van der Waals surface area contributed by atoms with Gasteiger partial charge in [0.15, 0.2) is 0 Å². The molecule has 1 unspecified atom stereocenters. The number of rotatable bonds is 3. The topological polar surface area (TPSA) is 43.8 Å². The van der Waals surface area contributed by atoms with Crippen LogP contribution in [0.15, 0.2) is 0 Å². The standard InChI is InChI=1S/C16H26F2N2O2/c17-16(18,15(22)7-4-8-15)14(21)20-11-3-5-13(6-12-20)19-9-1-2-10-19/h13,22H,1-12H2. The number of nitrogens with zero attached hydrogens (tertiary/aromatic N) is 2. The summed E-state index contributed by atoms with van der Waals surface area (Å²) < 4.78 is 28.6. The lowest BCUT2D eigenvalue weighted by Gasteiger charge is -2.43. The molecular formula is C16H26F2N2O2. The maximum atomic E-state index is 14.3. The molecule has 1 aliphatic carbocycles. The Morgan fingerprint density at radius 2 is 1.68 bits per heavy atom. The summed E-state index contributed by atoms with van der Waals surface area (Å²) in [4.78, 5) is 16.0. The predicted octanol–water partition coefficient (Wildman–Crippen LogP) is 2.01. The first-order valence-corrected chi connectivity index (χ1v) is 8.58. The minimum atomic E-state index is -3.64. The van der Waals surface area contributed by atoms with Gasteiger partial charge in [0.05, 0.1) is 0 Å². The summed E-state index contributed by atoms with van der Waals surface area (Å²) in [6, 6.07) is 0.417. The quantitative estimate of drug-likeness (QED) is 0.866. The lowest BCUT2D eigenvalue weighted by molar-refractivity contribution is -0.223. The zero-order chi connectivity index (χ0) is 15.8. The van der Waals surface area contributed by atoms with E-state index in [9.17, 15) is 18.7 Å². The van der Waals surface area contributed by atoms with Gasteiger partial charge in [-0.05, 0) is 64.5 Å². The molecule has 3 rings (SSSR count). The first-order valence-electron chi connectivity index (χ1n) is 8.58. The first kappa shape index (κ1) is 16.1. The lowest BCUT2D eigenvalue weighted by Crippen LogP contribution is -2.61. The van der Waals surface area contributed by atoms with E-state index >= 15 is 0 Å². The number of hydrogen-bond acceptors (Lipinski definition) is 3. The third kappa shape index (κ3) is 2.75. The molecule has 3 aliphatic rings. The molecule has 1 atom stereocenters. The van der Waals surface area contributed by atoms with Crippen molar-refractivity contribution in [1.29, 1.82) is 0 Å². The molecule has 1 N–H and O–H groups in total. The van der Waals surface area contributed by atoms with Crippen molar-refractivity contribution < 1.29 is 18.7 Å². The van der Waals surface area contributed by atoms with Gasteiger partial charge in [-0.3, -0.25) is 4.79 Å². The number of halogens is 2. The zero-order valence-corrected chi connectivity index (χ0v) is 13.1. The summed E-state index contributed by atoms with van der Waals surface area (Å²) >= 11 is 0. The number of aliphatic hydroxyl groups is 1. The van der Waals surface area contributed by atoms with E-state index in [0.29, 0.717) is 25.6 Å². The van der Waals surface area contributed by atoms with Crippen molar-refractivity contribution in [1.82, 2.24) is 9.80 Å². The molecule has 0 aromatic heterocycles. The van der Waals surface area contributed by atoms with Gasteiger partial charge >= 0.3 is 5.92 Å². The first-order chi connectivity index (χ1) is 10.4. The van der Waals surface area contributed by atoms with Crippen LogP contribution in [0.5, 0.6) is 0 Å². The minimum absolute atomic E-state index is 0.0238. The van der Waals surface area contributed by atoms with Crippen LogP contribution >= 0.6 is 0 Å². The second-order valence-corrected chi connectivity index (χ2v) is 7.08. The highest BCUT2D eigenvalue weighted by atomic mass is 19.3. The van der Waals surface area contributed by atoms with Crippen molar-refractivity contribution in [2.45, 2.75) is 68.9 Å². The number of alkyl halides is 2. The van der Waals surface area contributed by atoms with Gasteiger partial charge in [-0.1, -0.05) is 0 Å². The van der Waals surface area contributed by atoms with Gasteiger partial charge in [0.25, 0.3) is 5.91 Å². The second kappa shape index (κ2) is 6.04. The maximum Gasteiger partial charge on any atom is 0.352 e. The van der Waals surface area contributed by atoms with E-state index in [1.807, 2.05) is 0 Å². The molecule has 126 valence electrons. The highest BCUT2D eigenvalue weighted by molar-refractivity contribution is 5.85. The molecule has 0 aromatic carbocycles. The predicted molar refractivity (Wildman–Crippen MR) is 78.8 cm³/mol. The van der Waals surface area contributed by atoms with E-state index < -0.39 is 17.4 Å². The Kier molecular flexibility index (Phi) is 4.42. The molecule has 6 heteroatoms. The largest absolute Gasteiger partial charge is 0.383 e. The van der Waals surface area contributed by atoms with Crippen LogP contribution in [0.1, 0.15) is 51.4 Å². The third-order valence-electron chi connectivity index (χ3n) is 5.68. The summed E-state index contributed by atoms with van der Waals surface area (Å²) in [5.41, 5.74) is -2.11. The molecule has 0 bridgehead atoms. The summed E-state index contributed by atoms with van der Waals surface area (Å²) in [5.74, 6) is -4.81. The molecule has 4 nitrogen and oxygen atoms in total. The molecule has 1 saturated carbocycles. The summed E-state index contributed by atoms with van der Waals surface area (Å²) in [5, 5.41) is 9.93. The van der Waals surface area contributed by atoms with Crippen molar-refractivity contribution in [2.24, 2.45) is 0 Å². The van der Waals surface area contributed by atoms with E-state index in [4.69, 9.17) is 0 Å². The van der Waals surface area contributed by atoms with Crippen molar-refractivity contribution in [3.8, 4) is 0 Å². The fraction of sp³-hybridized carbons (Fsp3) is 0.938. The molecule has 3 fully saturated rings. The number of carbonyl (C=O) groups excluding carboxylic acids is 1. The Labute approximate surface area is 130 Å². The molecule has 0 spiro atoms. The van der Waals surface area contributed by atoms with Crippen molar-refractivity contribution in [3.05, 3.63) is 0 Å². The SMILES string of the molecule is O=C(N1CCCC(N2CCCC2)CC1)C(F)(F)C1(O)CCC1. The molecule has 2 saturated heterocycles. The molecule has 0 aromatic rings. The van der Waals surface area contributed by atoms with Gasteiger partial charge < -0.3 is 14.9 Å². The number of likely N-dealkylation sites (tertiary alicyclic amines) is 2. The fourth-order valence-electron chi connectivity index (χ4n) is 3.98. The van der Waals surface area contributed by atoms with Gasteiger partial charge in [0.1, 0.15) is 5.60 Å². The monoisotopic (exact) mass is 316 g/mol. The van der Waals surface area contributed by atoms with E-state index in [1.165, 1.54) is 17.7 Å². The average molecular weight is 316 g/mol. The number of hydrogen-bond donors (Lipinski definition) is 1. The Balaban J connectivity index is 1.61. The summed E-state index contributed by atoms with van der Waals surface area (Å²) in [6.45, 7) is 2.95. The van der Waals surface area contributed by atoms with E-state index in [0.717, 1.165) is 32.4 Å². The molecule has 22 heavy (non-hydrogen) atoms. The molecule has 2 aliphatic heterocycles. The smallest absolute Gasteiger partial charge is 0.352 e. The van der Waals surface area contributed by atoms with Gasteiger partial charge in [0.2, 0.25) is 0 Å². The van der Waals surface area contributed by atoms with E-state index in [1.54, 1.807) is 0 Å². The minimum Gasteiger partial charge on any atom is -0.383 e. The lowest BCUT2D eigenvalue weighted by atomic mass is 9.75. The molecule has 1 amide bonds. The summed E-state index contributed by atoms with van der Waals surface area (Å²) in [6.07, 6.45) is 5.54. The Morgan fingerprint density at radius 3 is 2.27 bits per heavy atom. The van der Waals surface area contributed by atoms with Crippen LogP contribution in [0, 0.1) is 0 Å². The van der Waals surface area contributed by atoms with Crippen LogP contribution in [0.4, 0.5) is 8.78 Å². The average Bonchev–Trinajstić information content (AvgIpc) is 2.88. The van der Waals surface area contributed by atoms with Crippen LogP contribution in [0.25, 0.3) is 0 Å². The Bertz CT molecular complexity index is 420. The fourth-order valence-corrected chi connectivity index (χ4v) is 3.98. The Morgan fingerprint density at radius 1 is 1.00 bits per heavy atom. The number of amides is 1. The zero-order valence-electron chi connectivity index (χ0n) is 13.1. The Hall–Kier alpha value is -0.750. The maximum absolute atomic E-state index is 14.3. The van der Waals surface area contributed by atoms with E-state index in [-0.39, 0.29) is 12.8 Å². The van der Waals surface area contributed by atoms with Gasteiger partial charge in [-0.15, -0.1) is 0 Å². The van der Waals surface area contributed by atoms with Crippen molar-refractivity contribution in [3.63, 3.8) is 0 Å². The normalized spacial score (nSPS) is 30.0. The van der Waals surface area contributed by atoms with Crippen LogP contribution < -0.4 is 0 Å². The molecular weight excluding hydrogens is 290 g/mol. The second-order valence-electron chi connectivity index (χ2n) is 7.08. The molecule has 0 radical (unpaired) electrons.